The molecule has 4 nitrogen and oxygen atoms in total. The van der Waals surface area contributed by atoms with Crippen LogP contribution >= 0.6 is 37.2 Å². The number of pyridine rings is 3. The van der Waals surface area contributed by atoms with Crippen LogP contribution in [0.15, 0.2) is 67.0 Å². The van der Waals surface area contributed by atoms with Crippen LogP contribution in [0.3, 0.4) is 0 Å². The smallest absolute Gasteiger partial charge is 0.132 e. The number of nitrogens with zero attached hydrogens (tertiary/aromatic N) is 3. The Morgan fingerprint density at radius 3 is 1.86 bits per heavy atom. The lowest BCUT2D eigenvalue weighted by atomic mass is 10.2. The average Bonchev–Trinajstić information content (AvgIpc) is 2.49. The van der Waals surface area contributed by atoms with E-state index in [1.807, 2.05) is 54.6 Å². The number of nitrogens with one attached hydrogen (secondary N) is 1. The first-order chi connectivity index (χ1) is 9.42. The molecule has 0 aliphatic rings. The van der Waals surface area contributed by atoms with Crippen molar-refractivity contribution in [2.24, 2.45) is 0 Å². The highest BCUT2D eigenvalue weighted by Crippen LogP contribution is 2.17. The van der Waals surface area contributed by atoms with Crippen LogP contribution in [0.2, 0.25) is 0 Å². The summed E-state index contributed by atoms with van der Waals surface area (Å²) in [5.41, 5.74) is 1.69. The maximum atomic E-state index is 4.52. The molecule has 0 saturated carbocycles. The van der Waals surface area contributed by atoms with E-state index >= 15 is 0 Å². The molecule has 1 N–H and O–H groups in total. The SMILES string of the molecule is Cl.Cl.Cl.c1ccc(Nc2cccc(-c3ccccn3)n2)nc1. The van der Waals surface area contributed by atoms with Crippen LogP contribution in [0.4, 0.5) is 11.6 Å². The number of halogens is 3. The van der Waals surface area contributed by atoms with Gasteiger partial charge in [-0.25, -0.2) is 9.97 Å². The molecule has 0 saturated heterocycles. The Morgan fingerprint density at radius 1 is 0.591 bits per heavy atom. The summed E-state index contributed by atoms with van der Waals surface area (Å²) in [6.45, 7) is 0. The molecule has 116 valence electrons. The quantitative estimate of drug-likeness (QED) is 0.747. The molecule has 0 atom stereocenters. The first kappa shape index (κ1) is 20.1. The Balaban J connectivity index is 0.00000147. The molecule has 22 heavy (non-hydrogen) atoms. The maximum absolute atomic E-state index is 4.52. The van der Waals surface area contributed by atoms with Crippen molar-refractivity contribution in [2.45, 2.75) is 0 Å². The third-order valence-corrected chi connectivity index (χ3v) is 2.60. The van der Waals surface area contributed by atoms with Crippen LogP contribution in [0, 0.1) is 0 Å². The zero-order valence-corrected chi connectivity index (χ0v) is 13.9. The van der Waals surface area contributed by atoms with E-state index < -0.39 is 0 Å². The van der Waals surface area contributed by atoms with Gasteiger partial charge in [0.2, 0.25) is 0 Å². The first-order valence-corrected chi connectivity index (χ1v) is 5.98. The lowest BCUT2D eigenvalue weighted by Crippen LogP contribution is -1.96. The molecule has 3 aromatic heterocycles. The standard InChI is InChI=1S/C15H12N4.3ClH/c1-3-10-16-12(6-1)13-7-5-9-15(18-13)19-14-8-2-4-11-17-14;;;/h1-11H,(H,17,18,19);3*1H. The largest absolute Gasteiger partial charge is 0.325 e. The zero-order chi connectivity index (χ0) is 12.9. The number of hydrogen-bond donors (Lipinski definition) is 1. The fraction of sp³-hybridized carbons (Fsp3) is 0. The van der Waals surface area contributed by atoms with E-state index in [1.165, 1.54) is 0 Å². The highest BCUT2D eigenvalue weighted by molar-refractivity contribution is 5.86. The van der Waals surface area contributed by atoms with Crippen molar-refractivity contribution in [2.75, 3.05) is 5.32 Å². The van der Waals surface area contributed by atoms with Gasteiger partial charge in [0.1, 0.15) is 11.6 Å². The summed E-state index contributed by atoms with van der Waals surface area (Å²) >= 11 is 0. The van der Waals surface area contributed by atoms with Crippen molar-refractivity contribution in [3.05, 3.63) is 67.0 Å². The molecular weight excluding hydrogens is 343 g/mol. The number of aromatic nitrogens is 3. The molecule has 3 aromatic rings. The highest BCUT2D eigenvalue weighted by atomic mass is 35.5. The van der Waals surface area contributed by atoms with E-state index in [1.54, 1.807) is 12.4 Å². The van der Waals surface area contributed by atoms with Gasteiger partial charge in [-0.3, -0.25) is 4.98 Å². The van der Waals surface area contributed by atoms with Crippen LogP contribution in [0.1, 0.15) is 0 Å². The van der Waals surface area contributed by atoms with Gasteiger partial charge in [-0.2, -0.15) is 0 Å². The summed E-state index contributed by atoms with van der Waals surface area (Å²) in [6, 6.07) is 17.3. The molecular formula is C15H15Cl3N4. The molecule has 3 heterocycles. The third-order valence-electron chi connectivity index (χ3n) is 2.60. The van der Waals surface area contributed by atoms with Gasteiger partial charge in [0.05, 0.1) is 11.4 Å². The summed E-state index contributed by atoms with van der Waals surface area (Å²) in [4.78, 5) is 13.0. The number of rotatable bonds is 3. The van der Waals surface area contributed by atoms with Crippen molar-refractivity contribution in [1.29, 1.82) is 0 Å². The van der Waals surface area contributed by atoms with E-state index in [-0.39, 0.29) is 37.2 Å². The molecule has 0 bridgehead atoms. The first-order valence-electron chi connectivity index (χ1n) is 5.98. The Morgan fingerprint density at radius 2 is 1.23 bits per heavy atom. The molecule has 0 unspecified atom stereocenters. The van der Waals surface area contributed by atoms with Gasteiger partial charge in [-0.1, -0.05) is 18.2 Å². The van der Waals surface area contributed by atoms with Gasteiger partial charge in [0.25, 0.3) is 0 Å². The van der Waals surface area contributed by atoms with Gasteiger partial charge in [0.15, 0.2) is 0 Å². The lowest BCUT2D eigenvalue weighted by Gasteiger charge is -2.06. The topological polar surface area (TPSA) is 50.7 Å². The number of hydrogen-bond acceptors (Lipinski definition) is 4. The van der Waals surface area contributed by atoms with Crippen LogP contribution in [0.5, 0.6) is 0 Å². The Kier molecular flexibility index (Phi) is 9.10. The number of anilines is 2. The second kappa shape index (κ2) is 9.95. The molecule has 7 heteroatoms. The van der Waals surface area contributed by atoms with Crippen molar-refractivity contribution >= 4 is 48.9 Å². The van der Waals surface area contributed by atoms with Gasteiger partial charge in [0, 0.05) is 12.4 Å². The van der Waals surface area contributed by atoms with Crippen LogP contribution in [-0.2, 0) is 0 Å². The predicted molar refractivity (Wildman–Crippen MR) is 96.7 cm³/mol. The predicted octanol–water partition coefficient (Wildman–Crippen LogP) is 4.55. The van der Waals surface area contributed by atoms with Crippen LogP contribution in [0.25, 0.3) is 11.4 Å². The van der Waals surface area contributed by atoms with Gasteiger partial charge < -0.3 is 5.32 Å². The summed E-state index contributed by atoms with van der Waals surface area (Å²) in [6.07, 6.45) is 3.50. The van der Waals surface area contributed by atoms with E-state index in [0.29, 0.717) is 0 Å². The highest BCUT2D eigenvalue weighted by Gasteiger charge is 2.02. The minimum Gasteiger partial charge on any atom is -0.325 e. The monoisotopic (exact) mass is 356 g/mol. The Labute approximate surface area is 147 Å². The fourth-order valence-electron chi connectivity index (χ4n) is 1.73. The molecule has 3 rings (SSSR count). The van der Waals surface area contributed by atoms with Crippen LogP contribution < -0.4 is 5.32 Å². The van der Waals surface area contributed by atoms with E-state index in [2.05, 4.69) is 20.3 Å². The van der Waals surface area contributed by atoms with Crippen LogP contribution in [-0.4, -0.2) is 15.0 Å². The molecule has 0 aliphatic heterocycles. The minimum absolute atomic E-state index is 0. The lowest BCUT2D eigenvalue weighted by molar-refractivity contribution is 1.22. The second-order valence-electron chi connectivity index (χ2n) is 3.96. The Hall–Kier alpha value is -1.88. The summed E-state index contributed by atoms with van der Waals surface area (Å²) in [7, 11) is 0. The van der Waals surface area contributed by atoms with Gasteiger partial charge in [-0.15, -0.1) is 37.2 Å². The molecule has 0 fully saturated rings. The summed E-state index contributed by atoms with van der Waals surface area (Å²) in [5.74, 6) is 1.52. The average molecular weight is 358 g/mol. The summed E-state index contributed by atoms with van der Waals surface area (Å²) < 4.78 is 0. The normalized spacial score (nSPS) is 8.73. The van der Waals surface area contributed by atoms with Gasteiger partial charge >= 0.3 is 0 Å². The second-order valence-corrected chi connectivity index (χ2v) is 3.96. The fourth-order valence-corrected chi connectivity index (χ4v) is 1.73. The zero-order valence-electron chi connectivity index (χ0n) is 11.4. The van der Waals surface area contributed by atoms with Gasteiger partial charge in [-0.05, 0) is 36.4 Å². The van der Waals surface area contributed by atoms with Crippen molar-refractivity contribution in [3.63, 3.8) is 0 Å². The van der Waals surface area contributed by atoms with E-state index in [0.717, 1.165) is 23.0 Å². The van der Waals surface area contributed by atoms with Crippen molar-refractivity contribution < 1.29 is 0 Å². The minimum atomic E-state index is 0. The molecule has 0 aromatic carbocycles. The maximum Gasteiger partial charge on any atom is 0.132 e. The molecule has 0 spiro atoms. The van der Waals surface area contributed by atoms with E-state index in [9.17, 15) is 0 Å². The molecule has 0 amide bonds. The molecule has 0 aliphatic carbocycles. The Bertz CT molecular complexity index is 666. The summed E-state index contributed by atoms with van der Waals surface area (Å²) in [5, 5.41) is 3.16. The van der Waals surface area contributed by atoms with E-state index in [4.69, 9.17) is 0 Å². The third kappa shape index (κ3) is 5.15. The van der Waals surface area contributed by atoms with Crippen molar-refractivity contribution in [3.8, 4) is 11.4 Å². The molecule has 0 radical (unpaired) electrons. The van der Waals surface area contributed by atoms with Crippen molar-refractivity contribution in [1.82, 2.24) is 15.0 Å².